The zero-order valence-electron chi connectivity index (χ0n) is 10.9. The Bertz CT molecular complexity index is 329. The van der Waals surface area contributed by atoms with Crippen molar-refractivity contribution in [1.82, 2.24) is 25.0 Å². The van der Waals surface area contributed by atoms with Crippen LogP contribution < -0.4 is 5.32 Å². The Labute approximate surface area is 103 Å². The molecule has 1 N–H and O–H groups in total. The first kappa shape index (κ1) is 12.5. The summed E-state index contributed by atoms with van der Waals surface area (Å²) in [4.78, 5) is 2.44. The van der Waals surface area contributed by atoms with E-state index in [1.807, 2.05) is 11.6 Å². The molecule has 0 spiro atoms. The lowest BCUT2D eigenvalue weighted by Crippen LogP contribution is -2.43. The van der Waals surface area contributed by atoms with E-state index >= 15 is 0 Å². The van der Waals surface area contributed by atoms with Crippen LogP contribution in [-0.2, 0) is 13.6 Å². The molecule has 5 heteroatoms. The molecule has 0 saturated carbocycles. The molecule has 2 heterocycles. The summed E-state index contributed by atoms with van der Waals surface area (Å²) in [5, 5.41) is 11.7. The third kappa shape index (κ3) is 3.51. The van der Waals surface area contributed by atoms with Gasteiger partial charge in [-0.3, -0.25) is 4.90 Å². The lowest BCUT2D eigenvalue weighted by molar-refractivity contribution is 0.220. The van der Waals surface area contributed by atoms with Crippen LogP contribution in [0.5, 0.6) is 0 Å². The molecule has 1 saturated heterocycles. The average Bonchev–Trinajstić information content (AvgIpc) is 2.75. The molecule has 1 atom stereocenters. The maximum atomic E-state index is 4.15. The highest BCUT2D eigenvalue weighted by molar-refractivity contribution is 4.85. The van der Waals surface area contributed by atoms with Gasteiger partial charge >= 0.3 is 0 Å². The summed E-state index contributed by atoms with van der Waals surface area (Å²) in [5.41, 5.74) is 0. The van der Waals surface area contributed by atoms with Crippen molar-refractivity contribution in [3.8, 4) is 0 Å². The molecule has 1 aromatic rings. The molecule has 17 heavy (non-hydrogen) atoms. The Morgan fingerprint density at radius 2 is 2.41 bits per heavy atom. The molecule has 5 nitrogen and oxygen atoms in total. The lowest BCUT2D eigenvalue weighted by Gasteiger charge is -2.29. The van der Waals surface area contributed by atoms with E-state index in [1.165, 1.54) is 25.8 Å². The van der Waals surface area contributed by atoms with E-state index in [2.05, 4.69) is 27.3 Å². The molecule has 0 radical (unpaired) electrons. The van der Waals surface area contributed by atoms with Gasteiger partial charge < -0.3 is 9.88 Å². The molecule has 0 aliphatic carbocycles. The van der Waals surface area contributed by atoms with Crippen molar-refractivity contribution in [3.05, 3.63) is 12.2 Å². The number of nitrogens with zero attached hydrogens (tertiary/aromatic N) is 4. The number of hydrogen-bond donors (Lipinski definition) is 1. The molecule has 0 amide bonds. The number of rotatable bonds is 5. The molecule has 1 aliphatic heterocycles. The molecule has 2 rings (SSSR count). The highest BCUT2D eigenvalue weighted by Crippen LogP contribution is 2.10. The van der Waals surface area contributed by atoms with Crippen molar-refractivity contribution in [2.75, 3.05) is 19.6 Å². The van der Waals surface area contributed by atoms with Crippen molar-refractivity contribution in [3.63, 3.8) is 0 Å². The van der Waals surface area contributed by atoms with Gasteiger partial charge in [-0.2, -0.15) is 0 Å². The molecular formula is C12H23N5. The first-order valence-corrected chi connectivity index (χ1v) is 6.58. The van der Waals surface area contributed by atoms with Crippen LogP contribution >= 0.6 is 0 Å². The number of aromatic nitrogens is 3. The summed E-state index contributed by atoms with van der Waals surface area (Å²) in [5.74, 6) is 1.04. The maximum absolute atomic E-state index is 4.15. The van der Waals surface area contributed by atoms with Crippen molar-refractivity contribution in [2.24, 2.45) is 7.05 Å². The Hall–Kier alpha value is -0.940. The Morgan fingerprint density at radius 1 is 1.53 bits per heavy atom. The number of piperidine rings is 1. The van der Waals surface area contributed by atoms with Crippen molar-refractivity contribution < 1.29 is 0 Å². The van der Waals surface area contributed by atoms with E-state index in [-0.39, 0.29) is 0 Å². The molecule has 1 unspecified atom stereocenters. The highest BCUT2D eigenvalue weighted by atomic mass is 15.3. The summed E-state index contributed by atoms with van der Waals surface area (Å²) >= 11 is 0. The van der Waals surface area contributed by atoms with E-state index in [0.29, 0.717) is 6.04 Å². The van der Waals surface area contributed by atoms with Gasteiger partial charge in [-0.05, 0) is 25.9 Å². The van der Waals surface area contributed by atoms with E-state index in [0.717, 1.165) is 25.5 Å². The minimum Gasteiger partial charge on any atom is -0.320 e. The molecule has 0 bridgehead atoms. The van der Waals surface area contributed by atoms with Crippen LogP contribution in [0.1, 0.15) is 32.0 Å². The molecule has 1 fully saturated rings. The summed E-state index contributed by atoms with van der Waals surface area (Å²) < 4.78 is 2.00. The summed E-state index contributed by atoms with van der Waals surface area (Å²) in [6.45, 7) is 6.45. The second-order valence-corrected chi connectivity index (χ2v) is 4.83. The first-order valence-electron chi connectivity index (χ1n) is 6.58. The SMILES string of the molecule is CCN(Cc1nncn1C)CC1CCCCN1. The fourth-order valence-corrected chi connectivity index (χ4v) is 2.35. The van der Waals surface area contributed by atoms with Gasteiger partial charge in [0.05, 0.1) is 6.54 Å². The van der Waals surface area contributed by atoms with Crippen molar-refractivity contribution in [2.45, 2.75) is 38.8 Å². The summed E-state index contributed by atoms with van der Waals surface area (Å²) in [6.07, 6.45) is 5.75. The Kier molecular flexibility index (Phi) is 4.50. The number of hydrogen-bond acceptors (Lipinski definition) is 4. The van der Waals surface area contributed by atoms with E-state index < -0.39 is 0 Å². The monoisotopic (exact) mass is 237 g/mol. The second kappa shape index (κ2) is 6.12. The maximum Gasteiger partial charge on any atom is 0.146 e. The van der Waals surface area contributed by atoms with Crippen LogP contribution in [0.2, 0.25) is 0 Å². The summed E-state index contributed by atoms with van der Waals surface area (Å²) in [7, 11) is 2.00. The summed E-state index contributed by atoms with van der Waals surface area (Å²) in [6, 6.07) is 0.650. The smallest absolute Gasteiger partial charge is 0.146 e. The third-order valence-corrected chi connectivity index (χ3v) is 3.51. The van der Waals surface area contributed by atoms with Gasteiger partial charge in [0.1, 0.15) is 12.2 Å². The van der Waals surface area contributed by atoms with Gasteiger partial charge in [-0.15, -0.1) is 10.2 Å². The minimum absolute atomic E-state index is 0.650. The Balaban J connectivity index is 1.85. The molecule has 1 aromatic heterocycles. The zero-order valence-corrected chi connectivity index (χ0v) is 10.9. The fraction of sp³-hybridized carbons (Fsp3) is 0.833. The minimum atomic E-state index is 0.650. The molecule has 0 aromatic carbocycles. The average molecular weight is 237 g/mol. The first-order chi connectivity index (χ1) is 8.29. The van der Waals surface area contributed by atoms with Crippen molar-refractivity contribution >= 4 is 0 Å². The van der Waals surface area contributed by atoms with Gasteiger partial charge in [-0.1, -0.05) is 13.3 Å². The molecule has 96 valence electrons. The van der Waals surface area contributed by atoms with Crippen molar-refractivity contribution in [1.29, 1.82) is 0 Å². The standard InChI is InChI=1S/C12H23N5/c1-3-17(8-11-6-4-5-7-13-11)9-12-15-14-10-16(12)2/h10-11,13H,3-9H2,1-2H3. The largest absolute Gasteiger partial charge is 0.320 e. The number of nitrogens with one attached hydrogen (secondary N) is 1. The lowest BCUT2D eigenvalue weighted by atomic mass is 10.0. The van der Waals surface area contributed by atoms with Gasteiger partial charge in [0, 0.05) is 19.6 Å². The van der Waals surface area contributed by atoms with Gasteiger partial charge in [0.2, 0.25) is 0 Å². The normalized spacial score (nSPS) is 21.0. The quantitative estimate of drug-likeness (QED) is 0.822. The van der Waals surface area contributed by atoms with Crippen LogP contribution in [0.4, 0.5) is 0 Å². The predicted octanol–water partition coefficient (Wildman–Crippen LogP) is 0.779. The number of likely N-dealkylation sites (N-methyl/N-ethyl adjacent to an activating group) is 1. The second-order valence-electron chi connectivity index (χ2n) is 4.83. The molecular weight excluding hydrogens is 214 g/mol. The topological polar surface area (TPSA) is 46.0 Å². The van der Waals surface area contributed by atoms with Crippen LogP contribution in [0, 0.1) is 0 Å². The van der Waals surface area contributed by atoms with Crippen LogP contribution in [0.25, 0.3) is 0 Å². The van der Waals surface area contributed by atoms with E-state index in [4.69, 9.17) is 0 Å². The van der Waals surface area contributed by atoms with Crippen LogP contribution in [0.3, 0.4) is 0 Å². The van der Waals surface area contributed by atoms with E-state index in [9.17, 15) is 0 Å². The fourth-order valence-electron chi connectivity index (χ4n) is 2.35. The highest BCUT2D eigenvalue weighted by Gasteiger charge is 2.16. The van der Waals surface area contributed by atoms with Gasteiger partial charge in [0.25, 0.3) is 0 Å². The predicted molar refractivity (Wildman–Crippen MR) is 67.6 cm³/mol. The van der Waals surface area contributed by atoms with Crippen LogP contribution in [0.15, 0.2) is 6.33 Å². The van der Waals surface area contributed by atoms with Crippen LogP contribution in [-0.4, -0.2) is 45.3 Å². The number of aryl methyl sites for hydroxylation is 1. The van der Waals surface area contributed by atoms with E-state index in [1.54, 1.807) is 6.33 Å². The molecule has 1 aliphatic rings. The Morgan fingerprint density at radius 3 is 3.00 bits per heavy atom. The van der Waals surface area contributed by atoms with Gasteiger partial charge in [0.15, 0.2) is 0 Å². The van der Waals surface area contributed by atoms with Gasteiger partial charge in [-0.25, -0.2) is 0 Å². The zero-order chi connectivity index (χ0) is 12.1. The third-order valence-electron chi connectivity index (χ3n) is 3.51.